The first-order valence-electron chi connectivity index (χ1n) is 9.65. The van der Waals surface area contributed by atoms with Crippen LogP contribution < -0.4 is 15.8 Å². The number of aryl methyl sites for hydroxylation is 2. The minimum absolute atomic E-state index is 0.442. The van der Waals surface area contributed by atoms with Crippen molar-refractivity contribution in [2.45, 2.75) is 32.2 Å². The maximum atomic E-state index is 6.04. The van der Waals surface area contributed by atoms with Crippen LogP contribution in [0.25, 0.3) is 0 Å². The van der Waals surface area contributed by atoms with Crippen molar-refractivity contribution in [1.82, 2.24) is 4.90 Å². The van der Waals surface area contributed by atoms with Crippen LogP contribution in [0.1, 0.15) is 29.5 Å². The average molecular weight is 367 g/mol. The highest BCUT2D eigenvalue weighted by Crippen LogP contribution is 2.24. The van der Waals surface area contributed by atoms with Crippen LogP contribution in [-0.4, -0.2) is 38.1 Å². The van der Waals surface area contributed by atoms with Gasteiger partial charge >= 0.3 is 0 Å². The Labute approximate surface area is 162 Å². The van der Waals surface area contributed by atoms with Crippen LogP contribution >= 0.6 is 0 Å². The molecule has 2 aromatic carbocycles. The lowest BCUT2D eigenvalue weighted by Gasteiger charge is -2.10. The second-order valence-corrected chi connectivity index (χ2v) is 7.31. The van der Waals surface area contributed by atoms with Crippen molar-refractivity contribution in [2.75, 3.05) is 32.6 Å². The monoisotopic (exact) mass is 366 g/mol. The normalized spacial score (nSPS) is 13.7. The number of fused-ring (bicyclic) bond motifs is 1. The van der Waals surface area contributed by atoms with Gasteiger partial charge in [-0.25, -0.2) is 4.99 Å². The van der Waals surface area contributed by atoms with E-state index in [0.29, 0.717) is 12.5 Å². The number of hydrogen-bond acceptors (Lipinski definition) is 3. The molecule has 27 heavy (non-hydrogen) atoms. The lowest BCUT2D eigenvalue weighted by atomic mass is 10.1. The third-order valence-electron chi connectivity index (χ3n) is 4.74. The van der Waals surface area contributed by atoms with Crippen LogP contribution in [0, 0.1) is 0 Å². The Balaban J connectivity index is 1.47. The predicted molar refractivity (Wildman–Crippen MR) is 113 cm³/mol. The summed E-state index contributed by atoms with van der Waals surface area (Å²) in [4.78, 5) is 6.60. The summed E-state index contributed by atoms with van der Waals surface area (Å²) >= 11 is 0. The van der Waals surface area contributed by atoms with E-state index in [2.05, 4.69) is 47.5 Å². The molecule has 0 saturated carbocycles. The molecule has 0 aliphatic heterocycles. The van der Waals surface area contributed by atoms with Gasteiger partial charge in [-0.2, -0.15) is 0 Å². The first-order chi connectivity index (χ1) is 13.1. The molecule has 0 fully saturated rings. The van der Waals surface area contributed by atoms with Crippen LogP contribution in [0.5, 0.6) is 5.75 Å². The van der Waals surface area contributed by atoms with E-state index in [1.54, 1.807) is 0 Å². The maximum Gasteiger partial charge on any atom is 0.193 e. The van der Waals surface area contributed by atoms with Gasteiger partial charge in [-0.3, -0.25) is 0 Å². The van der Waals surface area contributed by atoms with E-state index in [1.165, 1.54) is 24.0 Å². The molecule has 0 heterocycles. The minimum Gasteiger partial charge on any atom is -0.494 e. The fraction of sp³-hybridized carbons (Fsp3) is 0.409. The van der Waals surface area contributed by atoms with Crippen LogP contribution in [-0.2, 0) is 19.4 Å². The zero-order valence-corrected chi connectivity index (χ0v) is 16.4. The molecule has 0 spiro atoms. The summed E-state index contributed by atoms with van der Waals surface area (Å²) in [6.45, 7) is 2.31. The molecule has 1 aliphatic rings. The van der Waals surface area contributed by atoms with Gasteiger partial charge in [-0.15, -0.1) is 0 Å². The molecule has 0 saturated heterocycles. The van der Waals surface area contributed by atoms with Gasteiger partial charge in [0.05, 0.1) is 13.2 Å². The predicted octanol–water partition coefficient (Wildman–Crippen LogP) is 3.43. The molecule has 0 bridgehead atoms. The number of rotatable bonds is 8. The van der Waals surface area contributed by atoms with E-state index in [0.717, 1.165) is 43.0 Å². The first-order valence-corrected chi connectivity index (χ1v) is 9.65. The zero-order valence-electron chi connectivity index (χ0n) is 16.4. The molecule has 3 rings (SSSR count). The van der Waals surface area contributed by atoms with Crippen molar-refractivity contribution < 1.29 is 4.74 Å². The number of hydrogen-bond donors (Lipinski definition) is 2. The van der Waals surface area contributed by atoms with E-state index in [4.69, 9.17) is 10.5 Å². The summed E-state index contributed by atoms with van der Waals surface area (Å²) in [5, 5.41) is 3.20. The van der Waals surface area contributed by atoms with E-state index >= 15 is 0 Å². The Hall–Kier alpha value is -2.53. The second-order valence-electron chi connectivity index (χ2n) is 7.31. The molecule has 0 unspecified atom stereocenters. The zero-order chi connectivity index (χ0) is 19.1. The van der Waals surface area contributed by atoms with E-state index in [1.807, 2.05) is 24.3 Å². The first kappa shape index (κ1) is 19.2. The number of nitrogens with zero attached hydrogens (tertiary/aromatic N) is 2. The number of guanidine groups is 1. The largest absolute Gasteiger partial charge is 0.494 e. The van der Waals surface area contributed by atoms with Gasteiger partial charge in [0.1, 0.15) is 5.75 Å². The van der Waals surface area contributed by atoms with Crippen molar-refractivity contribution in [3.8, 4) is 5.75 Å². The molecule has 0 radical (unpaired) electrons. The molecule has 0 amide bonds. The van der Waals surface area contributed by atoms with Gasteiger partial charge in [-0.1, -0.05) is 18.2 Å². The molecular formula is C22H30N4O. The summed E-state index contributed by atoms with van der Waals surface area (Å²) in [6.07, 6.45) is 4.61. The fourth-order valence-corrected chi connectivity index (χ4v) is 3.28. The lowest BCUT2D eigenvalue weighted by Crippen LogP contribution is -2.22. The Kier molecular flexibility index (Phi) is 6.71. The Morgan fingerprint density at radius 2 is 1.89 bits per heavy atom. The Bertz CT molecular complexity index is 768. The molecule has 5 nitrogen and oxygen atoms in total. The Morgan fingerprint density at radius 1 is 1.11 bits per heavy atom. The van der Waals surface area contributed by atoms with E-state index in [-0.39, 0.29) is 0 Å². The number of ether oxygens (including phenoxy) is 1. The summed E-state index contributed by atoms with van der Waals surface area (Å²) in [5.74, 6) is 1.34. The van der Waals surface area contributed by atoms with Crippen LogP contribution in [0.15, 0.2) is 47.5 Å². The van der Waals surface area contributed by atoms with Crippen molar-refractivity contribution >= 4 is 11.6 Å². The highest BCUT2D eigenvalue weighted by atomic mass is 16.5. The van der Waals surface area contributed by atoms with Gasteiger partial charge in [0.2, 0.25) is 0 Å². The smallest absolute Gasteiger partial charge is 0.193 e. The van der Waals surface area contributed by atoms with Gasteiger partial charge in [0.25, 0.3) is 0 Å². The number of aliphatic imine (C=N–C) groups is 1. The highest BCUT2D eigenvalue weighted by molar-refractivity contribution is 5.92. The average Bonchev–Trinajstić information content (AvgIpc) is 3.12. The number of anilines is 1. The van der Waals surface area contributed by atoms with E-state index < -0.39 is 0 Å². The highest BCUT2D eigenvalue weighted by Gasteiger charge is 2.10. The molecular weight excluding hydrogens is 336 g/mol. The molecule has 0 atom stereocenters. The number of nitrogens with one attached hydrogen (secondary N) is 1. The summed E-state index contributed by atoms with van der Waals surface area (Å²) < 4.78 is 5.75. The van der Waals surface area contributed by atoms with Gasteiger partial charge in [0, 0.05) is 12.2 Å². The minimum atomic E-state index is 0.442. The number of benzene rings is 2. The van der Waals surface area contributed by atoms with E-state index in [9.17, 15) is 0 Å². The van der Waals surface area contributed by atoms with Crippen molar-refractivity contribution in [1.29, 1.82) is 0 Å². The van der Waals surface area contributed by atoms with Crippen LogP contribution in [0.2, 0.25) is 0 Å². The fourth-order valence-electron chi connectivity index (χ4n) is 3.28. The standard InChI is InChI=1S/C22H30N4O/c1-26(2)13-4-14-27-21-11-7-17(8-12-21)16-24-22(23)25-20-10-9-18-5-3-6-19(18)15-20/h7-12,15H,3-6,13-14,16H2,1-2H3,(H3,23,24,25). The number of nitrogens with two attached hydrogens (primary N) is 1. The molecule has 1 aliphatic carbocycles. The molecule has 0 aromatic heterocycles. The second kappa shape index (κ2) is 9.42. The van der Waals surface area contributed by atoms with Gasteiger partial charge in [-0.05, 0) is 80.7 Å². The molecule has 2 aromatic rings. The third-order valence-corrected chi connectivity index (χ3v) is 4.74. The Morgan fingerprint density at radius 3 is 2.67 bits per heavy atom. The topological polar surface area (TPSA) is 62.9 Å². The van der Waals surface area contributed by atoms with Crippen molar-refractivity contribution in [3.63, 3.8) is 0 Å². The van der Waals surface area contributed by atoms with Crippen LogP contribution in [0.3, 0.4) is 0 Å². The summed E-state index contributed by atoms with van der Waals surface area (Å²) in [6, 6.07) is 14.5. The van der Waals surface area contributed by atoms with Crippen molar-refractivity contribution in [2.24, 2.45) is 10.7 Å². The van der Waals surface area contributed by atoms with Gasteiger partial charge < -0.3 is 20.7 Å². The third kappa shape index (κ3) is 6.00. The summed E-state index contributed by atoms with van der Waals surface area (Å²) in [5.41, 5.74) is 11.0. The SMILES string of the molecule is CN(C)CCCOc1ccc(CN=C(N)Nc2ccc3c(c2)CCC3)cc1. The maximum absolute atomic E-state index is 6.04. The molecule has 144 valence electrons. The van der Waals surface area contributed by atoms with Crippen LogP contribution in [0.4, 0.5) is 5.69 Å². The molecule has 5 heteroatoms. The van der Waals surface area contributed by atoms with Crippen molar-refractivity contribution in [3.05, 3.63) is 59.2 Å². The quantitative estimate of drug-likeness (QED) is 0.427. The summed E-state index contributed by atoms with van der Waals surface area (Å²) in [7, 11) is 4.14. The van der Waals surface area contributed by atoms with Gasteiger partial charge in [0.15, 0.2) is 5.96 Å². The molecule has 3 N–H and O–H groups in total. The lowest BCUT2D eigenvalue weighted by molar-refractivity contribution is 0.281.